The first-order chi connectivity index (χ1) is 14.9. The molecule has 0 aliphatic carbocycles. The summed E-state index contributed by atoms with van der Waals surface area (Å²) in [6, 6.07) is 8.62. The minimum absolute atomic E-state index is 0.135. The van der Waals surface area contributed by atoms with E-state index in [0.717, 1.165) is 0 Å². The molecule has 0 saturated heterocycles. The molecular weight excluding hydrogens is 449 g/mol. The molecule has 10 nitrogen and oxygen atoms in total. The summed E-state index contributed by atoms with van der Waals surface area (Å²) in [5, 5.41) is 14.3. The number of carbonyl (C=O) groups excluding carboxylic acids is 1. The lowest BCUT2D eigenvalue weighted by atomic mass is 10.2. The molecule has 3 aromatic carbocycles. The summed E-state index contributed by atoms with van der Waals surface area (Å²) >= 11 is 13.1. The fraction of sp³-hybridized carbons (Fsp3) is 0. The van der Waals surface area contributed by atoms with Crippen LogP contribution in [0.25, 0.3) is 44.4 Å². The summed E-state index contributed by atoms with van der Waals surface area (Å²) in [7, 11) is 0. The number of carbonyl (C=O) groups is 1. The minimum Gasteiger partial charge on any atom is -0.451 e. The first-order valence-electron chi connectivity index (χ1n) is 8.66. The van der Waals surface area contributed by atoms with Crippen molar-refractivity contribution in [2.24, 2.45) is 5.11 Å². The second-order valence-corrected chi connectivity index (χ2v) is 7.31. The molecule has 12 heteroatoms. The maximum Gasteiger partial charge on any atom is 0.294 e. The summed E-state index contributed by atoms with van der Waals surface area (Å²) in [4.78, 5) is 28.4. The summed E-state index contributed by atoms with van der Waals surface area (Å²) < 4.78 is 11.8. The number of hydrogen-bond acceptors (Lipinski definition) is 6. The van der Waals surface area contributed by atoms with Crippen molar-refractivity contribution in [1.82, 2.24) is 9.97 Å². The van der Waals surface area contributed by atoms with E-state index >= 15 is 0 Å². The standard InChI is InChI=1S/C19H9Cl2N5O5/c20-13-16-18(31-12-6-8(26(28)29)2-4-10(12)24-16)14(21)15-17(13)30-11-5-7(19(27)25-22)1-3-9(11)23-15/h1-6,22-24H. The molecule has 5 aromatic rings. The van der Waals surface area contributed by atoms with Crippen LogP contribution in [-0.4, -0.2) is 20.8 Å². The van der Waals surface area contributed by atoms with Crippen LogP contribution in [0.1, 0.15) is 10.4 Å². The van der Waals surface area contributed by atoms with Gasteiger partial charge in [0.1, 0.15) is 21.1 Å². The van der Waals surface area contributed by atoms with Gasteiger partial charge in [0.05, 0.1) is 22.0 Å². The number of non-ortho nitro benzene ring substituents is 1. The average molecular weight is 458 g/mol. The van der Waals surface area contributed by atoms with Crippen molar-refractivity contribution in [3.63, 3.8) is 0 Å². The highest BCUT2D eigenvalue weighted by Gasteiger charge is 2.20. The molecule has 5 rings (SSSR count). The predicted octanol–water partition coefficient (Wildman–Crippen LogP) is 6.65. The number of hydrogen-bond donors (Lipinski definition) is 3. The Balaban J connectivity index is 1.86. The van der Waals surface area contributed by atoms with Crippen LogP contribution in [0.3, 0.4) is 0 Å². The number of aromatic nitrogens is 2. The molecule has 1 amide bonds. The van der Waals surface area contributed by atoms with Gasteiger partial charge in [0.25, 0.3) is 11.6 Å². The number of benzene rings is 3. The first-order valence-corrected chi connectivity index (χ1v) is 9.42. The molecule has 154 valence electrons. The SMILES string of the molecule is N=NC(=O)c1ccc2[nH]c3c(Cl)c4oc5cc([N+](=O)[O-])ccc5[nH]c4c(Cl)c3oc2c1. The van der Waals surface area contributed by atoms with Gasteiger partial charge in [0, 0.05) is 11.6 Å². The van der Waals surface area contributed by atoms with Gasteiger partial charge in [0.15, 0.2) is 22.3 Å². The third kappa shape index (κ3) is 2.92. The van der Waals surface area contributed by atoms with Crippen molar-refractivity contribution in [3.05, 3.63) is 62.1 Å². The number of H-pyrrole nitrogens is 2. The Hall–Kier alpha value is -3.89. The van der Waals surface area contributed by atoms with E-state index in [-0.39, 0.29) is 38.0 Å². The molecule has 0 radical (unpaired) electrons. The molecule has 31 heavy (non-hydrogen) atoms. The number of nitrogens with zero attached hydrogens (tertiary/aromatic N) is 2. The lowest BCUT2D eigenvalue weighted by molar-refractivity contribution is -0.384. The minimum atomic E-state index is -0.715. The Morgan fingerprint density at radius 3 is 2.06 bits per heavy atom. The normalized spacial score (nSPS) is 11.4. The second-order valence-electron chi connectivity index (χ2n) is 6.56. The number of halogens is 2. The quantitative estimate of drug-likeness (QED) is 0.117. The van der Waals surface area contributed by atoms with Crippen LogP contribution in [0.2, 0.25) is 10.0 Å². The monoisotopic (exact) mass is 457 g/mol. The van der Waals surface area contributed by atoms with E-state index in [2.05, 4.69) is 15.1 Å². The number of amides is 1. The van der Waals surface area contributed by atoms with Crippen LogP contribution in [0, 0.1) is 15.6 Å². The smallest absolute Gasteiger partial charge is 0.294 e. The number of rotatable bonds is 2. The Kier molecular flexibility index (Phi) is 4.20. The number of nitrogens with one attached hydrogen (secondary N) is 3. The molecule has 0 spiro atoms. The van der Waals surface area contributed by atoms with E-state index in [1.165, 1.54) is 30.3 Å². The Labute approximate surface area is 180 Å². The topological polar surface area (TPSA) is 154 Å². The van der Waals surface area contributed by atoms with Gasteiger partial charge in [-0.05, 0) is 24.3 Å². The van der Waals surface area contributed by atoms with E-state index in [1.807, 2.05) is 0 Å². The molecule has 0 fully saturated rings. The highest BCUT2D eigenvalue weighted by Crippen LogP contribution is 2.40. The zero-order valence-corrected chi connectivity index (χ0v) is 16.7. The predicted molar refractivity (Wildman–Crippen MR) is 113 cm³/mol. The summed E-state index contributed by atoms with van der Waals surface area (Å²) in [5.41, 5.74) is 9.45. The number of nitro groups is 1. The highest BCUT2D eigenvalue weighted by atomic mass is 35.5. The molecule has 0 aliphatic rings. The first kappa shape index (κ1) is 19.1. The summed E-state index contributed by atoms with van der Waals surface area (Å²) in [6.45, 7) is 0. The van der Waals surface area contributed by atoms with Gasteiger partial charge >= 0.3 is 0 Å². The van der Waals surface area contributed by atoms with Crippen LogP contribution in [0.4, 0.5) is 5.69 Å². The Morgan fingerprint density at radius 2 is 1.52 bits per heavy atom. The van der Waals surface area contributed by atoms with Crippen molar-refractivity contribution in [3.8, 4) is 0 Å². The zero-order valence-electron chi connectivity index (χ0n) is 15.2. The van der Waals surface area contributed by atoms with Crippen molar-refractivity contribution in [2.45, 2.75) is 0 Å². The van der Waals surface area contributed by atoms with E-state index in [9.17, 15) is 14.9 Å². The Bertz CT molecular complexity index is 1640. The van der Waals surface area contributed by atoms with Gasteiger partial charge in [-0.1, -0.05) is 23.2 Å². The van der Waals surface area contributed by atoms with E-state index in [1.54, 1.807) is 6.07 Å². The largest absolute Gasteiger partial charge is 0.451 e. The van der Waals surface area contributed by atoms with Gasteiger partial charge in [0.2, 0.25) is 0 Å². The maximum atomic E-state index is 11.7. The average Bonchev–Trinajstić information content (AvgIpc) is 2.79. The van der Waals surface area contributed by atoms with Gasteiger partial charge in [-0.15, -0.1) is 5.11 Å². The molecule has 0 atom stereocenters. The maximum absolute atomic E-state index is 11.7. The van der Waals surface area contributed by atoms with Crippen molar-refractivity contribution < 1.29 is 18.6 Å². The number of nitro benzene ring substituents is 1. The third-order valence-electron chi connectivity index (χ3n) is 4.74. The molecule has 2 heterocycles. The van der Waals surface area contributed by atoms with Gasteiger partial charge in [-0.3, -0.25) is 14.9 Å². The molecule has 2 aromatic heterocycles. The van der Waals surface area contributed by atoms with Gasteiger partial charge in [-0.2, -0.15) is 0 Å². The fourth-order valence-corrected chi connectivity index (χ4v) is 3.80. The second kappa shape index (κ2) is 6.83. The third-order valence-corrected chi connectivity index (χ3v) is 5.46. The van der Waals surface area contributed by atoms with Crippen molar-refractivity contribution in [1.29, 1.82) is 5.53 Å². The number of fused-ring (bicyclic) bond motifs is 4. The van der Waals surface area contributed by atoms with Crippen LogP contribution in [0.5, 0.6) is 0 Å². The summed E-state index contributed by atoms with van der Waals surface area (Å²) in [6.07, 6.45) is 0. The van der Waals surface area contributed by atoms with Crippen LogP contribution in [-0.2, 0) is 0 Å². The fourth-order valence-electron chi connectivity index (χ4n) is 3.27. The molecule has 0 unspecified atom stereocenters. The summed E-state index contributed by atoms with van der Waals surface area (Å²) in [5.74, 6) is -0.715. The molecule has 0 aliphatic heterocycles. The van der Waals surface area contributed by atoms with Crippen LogP contribution < -0.4 is 0 Å². The van der Waals surface area contributed by atoms with E-state index in [0.29, 0.717) is 27.6 Å². The van der Waals surface area contributed by atoms with Crippen molar-refractivity contribution >= 4 is 79.2 Å². The lowest BCUT2D eigenvalue weighted by Gasteiger charge is -2.11. The molecule has 3 N–H and O–H groups in total. The molecular formula is C19H9Cl2N5O5. The van der Waals surface area contributed by atoms with Gasteiger partial charge < -0.3 is 18.8 Å². The highest BCUT2D eigenvalue weighted by molar-refractivity contribution is 6.45. The molecule has 0 bridgehead atoms. The van der Waals surface area contributed by atoms with E-state index < -0.39 is 10.8 Å². The van der Waals surface area contributed by atoms with Crippen LogP contribution in [0.15, 0.2) is 50.3 Å². The lowest BCUT2D eigenvalue weighted by Crippen LogP contribution is -1.95. The van der Waals surface area contributed by atoms with E-state index in [4.69, 9.17) is 37.6 Å². The van der Waals surface area contributed by atoms with Crippen molar-refractivity contribution in [2.75, 3.05) is 0 Å². The van der Waals surface area contributed by atoms with Crippen LogP contribution >= 0.6 is 23.2 Å². The van der Waals surface area contributed by atoms with Gasteiger partial charge in [-0.25, -0.2) is 5.53 Å². The zero-order chi connectivity index (χ0) is 21.9. The Morgan fingerprint density at radius 1 is 0.968 bits per heavy atom. The molecule has 0 saturated carbocycles. The number of aromatic amines is 2.